The molecule has 0 aromatic heterocycles. The molecule has 0 heterocycles. The lowest BCUT2D eigenvalue weighted by Crippen LogP contribution is -2.24. The van der Waals surface area contributed by atoms with Crippen molar-refractivity contribution >= 4 is 33.5 Å². The van der Waals surface area contributed by atoms with Gasteiger partial charge in [0.25, 0.3) is 0 Å². The number of hydrogen-bond donors (Lipinski definition) is 2. The molecule has 0 radical (unpaired) electrons. The first-order valence-corrected chi connectivity index (χ1v) is 11.9. The Morgan fingerprint density at radius 2 is 1.55 bits per heavy atom. The van der Waals surface area contributed by atoms with Crippen molar-refractivity contribution in [2.45, 2.75) is 37.5 Å². The first-order valence-electron chi connectivity index (χ1n) is 10.4. The second-order valence-electron chi connectivity index (χ2n) is 7.53. The molecule has 0 fully saturated rings. The monoisotopic (exact) mass is 444 g/mol. The summed E-state index contributed by atoms with van der Waals surface area (Å²) >= 11 is 0. The van der Waals surface area contributed by atoms with Crippen molar-refractivity contribution in [2.75, 3.05) is 32.1 Å². The molecule has 2 aromatic rings. The fourth-order valence-electron chi connectivity index (χ4n) is 2.88. The number of unbranched alkanes of at least 4 members (excludes halogenated alkanes) is 3. The number of nitrogens with zero attached hydrogens (tertiary/aromatic N) is 2. The Balaban J connectivity index is 1.79. The molecule has 0 unspecified atom stereocenters. The molecule has 0 saturated heterocycles. The average Bonchev–Trinajstić information content (AvgIpc) is 2.74. The summed E-state index contributed by atoms with van der Waals surface area (Å²) < 4.78 is 27.5. The number of aliphatic imine (C=N–C) groups is 1. The summed E-state index contributed by atoms with van der Waals surface area (Å²) in [4.78, 5) is 17.5. The summed E-state index contributed by atoms with van der Waals surface area (Å²) in [6.07, 6.45) is 5.27. The highest BCUT2D eigenvalue weighted by Crippen LogP contribution is 2.17. The second kappa shape index (κ2) is 12.2. The van der Waals surface area contributed by atoms with E-state index in [1.54, 1.807) is 30.5 Å². The van der Waals surface area contributed by atoms with Crippen LogP contribution in [0.3, 0.4) is 0 Å². The van der Waals surface area contributed by atoms with Gasteiger partial charge >= 0.3 is 0 Å². The molecule has 0 bridgehead atoms. The van der Waals surface area contributed by atoms with Crippen LogP contribution in [0.1, 0.15) is 38.2 Å². The Kier molecular flexibility index (Phi) is 9.68. The molecule has 0 aliphatic heterocycles. The summed E-state index contributed by atoms with van der Waals surface area (Å²) in [5.74, 6) is -0.0249. The quantitative estimate of drug-likeness (QED) is 0.387. The SMILES string of the molecule is CC(=O)NCCCCCCNS(=O)(=O)c1ccc(/N=C/c2ccc(N(C)C)cc2)cc1. The van der Waals surface area contributed by atoms with Gasteiger partial charge in [-0.05, 0) is 54.8 Å². The molecule has 2 aromatic carbocycles. The number of hydrogen-bond acceptors (Lipinski definition) is 5. The van der Waals surface area contributed by atoms with Crippen molar-refractivity contribution in [1.29, 1.82) is 0 Å². The van der Waals surface area contributed by atoms with Crippen LogP contribution in [-0.4, -0.2) is 47.7 Å². The summed E-state index contributed by atoms with van der Waals surface area (Å²) in [5, 5.41) is 2.75. The van der Waals surface area contributed by atoms with Crippen LogP contribution in [0.4, 0.5) is 11.4 Å². The molecule has 0 aliphatic rings. The minimum atomic E-state index is -3.53. The van der Waals surface area contributed by atoms with Crippen LogP contribution < -0.4 is 14.9 Å². The Bertz CT molecular complexity index is 953. The van der Waals surface area contributed by atoms with Crippen LogP contribution >= 0.6 is 0 Å². The fraction of sp³-hybridized carbons (Fsp3) is 0.391. The molecular weight excluding hydrogens is 412 g/mol. The normalized spacial score (nSPS) is 11.6. The Labute approximate surface area is 185 Å². The molecule has 31 heavy (non-hydrogen) atoms. The number of rotatable bonds is 12. The van der Waals surface area contributed by atoms with Gasteiger partial charge < -0.3 is 10.2 Å². The summed E-state index contributed by atoms with van der Waals surface area (Å²) in [7, 11) is 0.451. The van der Waals surface area contributed by atoms with E-state index in [0.29, 0.717) is 18.8 Å². The lowest BCUT2D eigenvalue weighted by atomic mass is 10.2. The fourth-order valence-corrected chi connectivity index (χ4v) is 3.95. The Morgan fingerprint density at radius 1 is 0.935 bits per heavy atom. The molecular formula is C23H32N4O3S. The zero-order chi connectivity index (χ0) is 22.7. The van der Waals surface area contributed by atoms with Gasteiger partial charge in [0.1, 0.15) is 0 Å². The number of carbonyl (C=O) groups excluding carboxylic acids is 1. The predicted octanol–water partition coefficient (Wildman–Crippen LogP) is 3.48. The van der Waals surface area contributed by atoms with Gasteiger partial charge in [-0.15, -0.1) is 0 Å². The summed E-state index contributed by atoms with van der Waals surface area (Å²) in [6, 6.07) is 14.5. The molecule has 2 rings (SSSR count). The first kappa shape index (κ1) is 24.6. The number of anilines is 1. The number of nitrogens with one attached hydrogen (secondary N) is 2. The maximum absolute atomic E-state index is 12.4. The summed E-state index contributed by atoms with van der Waals surface area (Å²) in [6.45, 7) is 2.56. The van der Waals surface area contributed by atoms with Crippen LogP contribution in [0, 0.1) is 0 Å². The Hall–Kier alpha value is -2.71. The van der Waals surface area contributed by atoms with E-state index in [1.165, 1.54) is 6.92 Å². The van der Waals surface area contributed by atoms with Gasteiger partial charge in [0.2, 0.25) is 15.9 Å². The maximum atomic E-state index is 12.4. The molecule has 0 spiro atoms. The van der Waals surface area contributed by atoms with Gasteiger partial charge in [-0.25, -0.2) is 13.1 Å². The lowest BCUT2D eigenvalue weighted by Gasteiger charge is -2.11. The highest BCUT2D eigenvalue weighted by atomic mass is 32.2. The van der Waals surface area contributed by atoms with E-state index in [9.17, 15) is 13.2 Å². The largest absolute Gasteiger partial charge is 0.378 e. The molecule has 1 amide bonds. The average molecular weight is 445 g/mol. The number of sulfonamides is 1. The van der Waals surface area contributed by atoms with Crippen molar-refractivity contribution in [3.8, 4) is 0 Å². The van der Waals surface area contributed by atoms with E-state index in [1.807, 2.05) is 43.3 Å². The van der Waals surface area contributed by atoms with Crippen molar-refractivity contribution < 1.29 is 13.2 Å². The lowest BCUT2D eigenvalue weighted by molar-refractivity contribution is -0.118. The molecule has 168 valence electrons. The second-order valence-corrected chi connectivity index (χ2v) is 9.30. The minimum absolute atomic E-state index is 0.0249. The van der Waals surface area contributed by atoms with Crippen molar-refractivity contribution in [3.63, 3.8) is 0 Å². The molecule has 7 nitrogen and oxygen atoms in total. The van der Waals surface area contributed by atoms with Crippen LogP contribution in [0.5, 0.6) is 0 Å². The highest BCUT2D eigenvalue weighted by Gasteiger charge is 2.12. The molecule has 8 heteroatoms. The third kappa shape index (κ3) is 8.90. The van der Waals surface area contributed by atoms with E-state index >= 15 is 0 Å². The van der Waals surface area contributed by atoms with Crippen LogP contribution in [-0.2, 0) is 14.8 Å². The van der Waals surface area contributed by atoms with Crippen LogP contribution in [0.2, 0.25) is 0 Å². The van der Waals surface area contributed by atoms with Crippen LogP contribution in [0.25, 0.3) is 0 Å². The van der Waals surface area contributed by atoms with E-state index in [4.69, 9.17) is 0 Å². The van der Waals surface area contributed by atoms with Gasteiger partial charge in [0.15, 0.2) is 0 Å². The Morgan fingerprint density at radius 3 is 2.13 bits per heavy atom. The third-order valence-electron chi connectivity index (χ3n) is 4.69. The van der Waals surface area contributed by atoms with E-state index in [-0.39, 0.29) is 10.8 Å². The zero-order valence-electron chi connectivity index (χ0n) is 18.5. The molecule has 0 aliphatic carbocycles. The standard InChI is InChI=1S/C23H32N4O3S/c1-19(28)24-16-6-4-5-7-17-26-31(29,30)23-14-10-21(11-15-23)25-18-20-8-12-22(13-9-20)27(2)3/h8-15,18,26H,4-7,16-17H2,1-3H3,(H,24,28)/b25-18+. The predicted molar refractivity (Wildman–Crippen MR) is 127 cm³/mol. The van der Waals surface area contributed by atoms with Crippen molar-refractivity contribution in [1.82, 2.24) is 10.0 Å². The van der Waals surface area contributed by atoms with E-state index in [0.717, 1.165) is 36.9 Å². The van der Waals surface area contributed by atoms with Crippen LogP contribution in [0.15, 0.2) is 58.4 Å². The van der Waals surface area contributed by atoms with Gasteiger partial charge in [-0.3, -0.25) is 9.79 Å². The molecule has 0 atom stereocenters. The van der Waals surface area contributed by atoms with E-state index < -0.39 is 10.0 Å². The van der Waals surface area contributed by atoms with Gasteiger partial charge in [0.05, 0.1) is 10.6 Å². The van der Waals surface area contributed by atoms with Gasteiger partial charge in [-0.1, -0.05) is 25.0 Å². The number of amides is 1. The van der Waals surface area contributed by atoms with E-state index in [2.05, 4.69) is 15.0 Å². The number of carbonyl (C=O) groups is 1. The highest BCUT2D eigenvalue weighted by molar-refractivity contribution is 7.89. The minimum Gasteiger partial charge on any atom is -0.378 e. The third-order valence-corrected chi connectivity index (χ3v) is 6.17. The smallest absolute Gasteiger partial charge is 0.240 e. The van der Waals surface area contributed by atoms with Crippen molar-refractivity contribution in [2.24, 2.45) is 4.99 Å². The molecule has 2 N–H and O–H groups in total. The van der Waals surface area contributed by atoms with Crippen molar-refractivity contribution in [3.05, 3.63) is 54.1 Å². The molecule has 0 saturated carbocycles. The maximum Gasteiger partial charge on any atom is 0.240 e. The first-order chi connectivity index (χ1) is 14.8. The van der Waals surface area contributed by atoms with Gasteiger partial charge in [0, 0.05) is 46.0 Å². The zero-order valence-corrected chi connectivity index (χ0v) is 19.3. The topological polar surface area (TPSA) is 90.9 Å². The number of benzene rings is 2. The summed E-state index contributed by atoms with van der Waals surface area (Å²) in [5.41, 5.74) is 2.78. The van der Waals surface area contributed by atoms with Gasteiger partial charge in [-0.2, -0.15) is 0 Å².